The first-order chi connectivity index (χ1) is 22.8. The van der Waals surface area contributed by atoms with Gasteiger partial charge in [-0.3, -0.25) is 9.59 Å². The first kappa shape index (κ1) is 35.3. The zero-order valence-corrected chi connectivity index (χ0v) is 29.7. The molecule has 1 atom stereocenters. The highest BCUT2D eigenvalue weighted by Crippen LogP contribution is 2.35. The number of fused-ring (bicyclic) bond motifs is 4. The minimum absolute atomic E-state index is 0.0477. The number of ether oxygens (including phenoxy) is 2. The lowest BCUT2D eigenvalue weighted by molar-refractivity contribution is -0.147. The van der Waals surface area contributed by atoms with Crippen molar-refractivity contribution in [2.24, 2.45) is 11.8 Å². The van der Waals surface area contributed by atoms with Crippen LogP contribution in [0.1, 0.15) is 94.1 Å². The molecule has 4 bridgehead atoms. The van der Waals surface area contributed by atoms with Crippen molar-refractivity contribution in [3.63, 3.8) is 0 Å². The third-order valence-corrected chi connectivity index (χ3v) is 10.5. The molecule has 0 spiro atoms. The Kier molecular flexibility index (Phi) is 11.1. The maximum absolute atomic E-state index is 14.5. The average molecular weight is 677 g/mol. The van der Waals surface area contributed by atoms with E-state index in [9.17, 15) is 18.0 Å². The van der Waals surface area contributed by atoms with Gasteiger partial charge in [-0.2, -0.15) is 4.98 Å². The van der Waals surface area contributed by atoms with E-state index in [4.69, 9.17) is 9.47 Å². The third-order valence-electron chi connectivity index (χ3n) is 9.19. The number of nitrogens with one attached hydrogen (secondary N) is 1. The Hall–Kier alpha value is -3.99. The van der Waals surface area contributed by atoms with Crippen LogP contribution in [0.4, 0.5) is 5.95 Å². The normalized spacial score (nSPS) is 21.0. The molecule has 1 aliphatic heterocycles. The maximum Gasteiger partial charge on any atom is 0.306 e. The van der Waals surface area contributed by atoms with Crippen LogP contribution >= 0.6 is 0 Å². The standard InChI is InChI=1S/C37H48N4O6S/c1-23(2)19-30-22-46-33-21-32(35-25(5)9-7-10-26(35)6)38-37(39-33)40-48(44,45)31-12-8-11-28(20-31)36(43)41(30)29-16-13-27(14-17-29)15-18-34(42)47-24(3)4/h7-12,20-21,23-24,27,29-30H,13-19,22H2,1-6H3,(H,38,39,40)/t27-,29-,30-/m1/s1. The lowest BCUT2D eigenvalue weighted by atomic mass is 9.82. The highest BCUT2D eigenvalue weighted by atomic mass is 32.2. The highest BCUT2D eigenvalue weighted by Gasteiger charge is 2.36. The van der Waals surface area contributed by atoms with Gasteiger partial charge in [0.25, 0.3) is 15.9 Å². The Bertz CT molecular complexity index is 1710. The van der Waals surface area contributed by atoms with E-state index in [0.717, 1.165) is 48.8 Å². The second kappa shape index (κ2) is 15.1. The number of esters is 1. The number of nitrogens with zero attached hydrogens (tertiary/aromatic N) is 3. The number of amides is 1. The van der Waals surface area contributed by atoms with Crippen molar-refractivity contribution in [3.05, 3.63) is 65.2 Å². The molecule has 2 heterocycles. The van der Waals surface area contributed by atoms with Crippen molar-refractivity contribution in [2.45, 2.75) is 110 Å². The number of benzene rings is 2. The number of rotatable bonds is 8. The van der Waals surface area contributed by atoms with Crippen LogP contribution in [0.2, 0.25) is 0 Å². The van der Waals surface area contributed by atoms with Crippen LogP contribution in [0, 0.1) is 25.7 Å². The Morgan fingerprint density at radius 3 is 2.35 bits per heavy atom. The highest BCUT2D eigenvalue weighted by molar-refractivity contribution is 7.92. The van der Waals surface area contributed by atoms with E-state index < -0.39 is 10.0 Å². The average Bonchev–Trinajstić information content (AvgIpc) is 3.02. The fourth-order valence-corrected chi connectivity index (χ4v) is 7.98. The number of hydrogen-bond donors (Lipinski definition) is 1. The van der Waals surface area contributed by atoms with Crippen LogP contribution in [0.15, 0.2) is 53.4 Å². The lowest BCUT2D eigenvalue weighted by Crippen LogP contribution is -2.51. The minimum atomic E-state index is -4.14. The molecule has 2 aliphatic rings. The molecule has 1 fully saturated rings. The molecule has 1 saturated carbocycles. The molecule has 1 N–H and O–H groups in total. The minimum Gasteiger partial charge on any atom is -0.475 e. The lowest BCUT2D eigenvalue weighted by Gasteiger charge is -2.42. The maximum atomic E-state index is 14.5. The third kappa shape index (κ3) is 8.53. The predicted octanol–water partition coefficient (Wildman–Crippen LogP) is 7.10. The number of hydrogen-bond acceptors (Lipinski definition) is 8. The van der Waals surface area contributed by atoms with Crippen LogP contribution in [-0.4, -0.2) is 60.0 Å². The topological polar surface area (TPSA) is 128 Å². The number of aryl methyl sites for hydroxylation is 2. The molecule has 5 rings (SSSR count). The summed E-state index contributed by atoms with van der Waals surface area (Å²) in [4.78, 5) is 37.7. The first-order valence-corrected chi connectivity index (χ1v) is 18.5. The summed E-state index contributed by atoms with van der Waals surface area (Å²) in [6.45, 7) is 12.1. The van der Waals surface area contributed by atoms with Gasteiger partial charge in [0.05, 0.1) is 22.7 Å². The summed E-state index contributed by atoms with van der Waals surface area (Å²) >= 11 is 0. The Morgan fingerprint density at radius 2 is 1.69 bits per heavy atom. The van der Waals surface area contributed by atoms with Gasteiger partial charge < -0.3 is 14.4 Å². The van der Waals surface area contributed by atoms with Gasteiger partial charge in [-0.25, -0.2) is 18.1 Å². The second-order valence-corrected chi connectivity index (χ2v) is 15.6. The van der Waals surface area contributed by atoms with Gasteiger partial charge in [0.1, 0.15) is 6.61 Å². The van der Waals surface area contributed by atoms with Crippen molar-refractivity contribution in [2.75, 3.05) is 11.3 Å². The summed E-state index contributed by atoms with van der Waals surface area (Å²) in [6, 6.07) is 13.5. The smallest absolute Gasteiger partial charge is 0.306 e. The number of carbonyl (C=O) groups excluding carboxylic acids is 2. The number of sulfonamides is 1. The van der Waals surface area contributed by atoms with Gasteiger partial charge in [0.2, 0.25) is 11.8 Å². The zero-order chi connectivity index (χ0) is 34.6. The van der Waals surface area contributed by atoms with Crippen LogP contribution < -0.4 is 9.46 Å². The van der Waals surface area contributed by atoms with Crippen LogP contribution in [0.3, 0.4) is 0 Å². The van der Waals surface area contributed by atoms with E-state index in [-0.39, 0.29) is 59.3 Å². The molecular weight excluding hydrogens is 628 g/mol. The number of anilines is 1. The van der Waals surface area contributed by atoms with Gasteiger partial charge in [-0.05, 0) is 107 Å². The van der Waals surface area contributed by atoms with Crippen molar-refractivity contribution in [3.8, 4) is 17.1 Å². The molecule has 0 radical (unpaired) electrons. The van der Waals surface area contributed by atoms with Gasteiger partial charge in [0.15, 0.2) is 0 Å². The Balaban J connectivity index is 1.51. The summed E-state index contributed by atoms with van der Waals surface area (Å²) in [5, 5.41) is 0. The van der Waals surface area contributed by atoms with E-state index in [1.807, 2.05) is 50.8 Å². The van der Waals surface area contributed by atoms with Crippen molar-refractivity contribution < 1.29 is 27.5 Å². The number of carbonyl (C=O) groups is 2. The number of aromatic nitrogens is 2. The predicted molar refractivity (Wildman–Crippen MR) is 185 cm³/mol. The molecule has 258 valence electrons. The summed E-state index contributed by atoms with van der Waals surface area (Å²) in [7, 11) is -4.14. The Morgan fingerprint density at radius 1 is 1.00 bits per heavy atom. The quantitative estimate of drug-likeness (QED) is 0.250. The van der Waals surface area contributed by atoms with Crippen LogP contribution in [0.5, 0.6) is 5.88 Å². The van der Waals surface area contributed by atoms with Crippen molar-refractivity contribution in [1.29, 1.82) is 0 Å². The van der Waals surface area contributed by atoms with Gasteiger partial charge >= 0.3 is 5.97 Å². The fourth-order valence-electron chi connectivity index (χ4n) is 6.99. The largest absolute Gasteiger partial charge is 0.475 e. The van der Waals surface area contributed by atoms with Crippen molar-refractivity contribution >= 4 is 27.8 Å². The van der Waals surface area contributed by atoms with E-state index in [1.165, 1.54) is 12.1 Å². The molecule has 1 aromatic heterocycles. The molecule has 1 amide bonds. The summed E-state index contributed by atoms with van der Waals surface area (Å²) in [5.74, 6) is 0.354. The van der Waals surface area contributed by atoms with E-state index in [1.54, 1.807) is 18.2 Å². The van der Waals surface area contributed by atoms with E-state index in [0.29, 0.717) is 30.0 Å². The van der Waals surface area contributed by atoms with Crippen molar-refractivity contribution in [1.82, 2.24) is 14.9 Å². The van der Waals surface area contributed by atoms with Crippen LogP contribution in [0.25, 0.3) is 11.3 Å². The fraction of sp³-hybridized carbons (Fsp3) is 0.514. The summed E-state index contributed by atoms with van der Waals surface area (Å²) < 4.78 is 41.6. The monoisotopic (exact) mass is 676 g/mol. The molecule has 0 saturated heterocycles. The molecular formula is C37H48N4O6S. The zero-order valence-electron chi connectivity index (χ0n) is 28.9. The molecule has 1 aliphatic carbocycles. The van der Waals surface area contributed by atoms with E-state index >= 15 is 0 Å². The molecule has 10 nitrogen and oxygen atoms in total. The molecule has 48 heavy (non-hydrogen) atoms. The van der Waals surface area contributed by atoms with Crippen LogP contribution in [-0.2, 0) is 19.6 Å². The molecule has 2 aromatic carbocycles. The van der Waals surface area contributed by atoms with Gasteiger partial charge in [-0.15, -0.1) is 0 Å². The van der Waals surface area contributed by atoms with Gasteiger partial charge in [-0.1, -0.05) is 38.1 Å². The molecule has 3 aromatic rings. The molecule has 0 unspecified atom stereocenters. The van der Waals surface area contributed by atoms with Gasteiger partial charge in [0, 0.05) is 29.7 Å². The summed E-state index contributed by atoms with van der Waals surface area (Å²) in [5.41, 5.74) is 3.69. The summed E-state index contributed by atoms with van der Waals surface area (Å²) in [6.07, 6.45) is 5.02. The Labute approximate surface area is 284 Å². The van der Waals surface area contributed by atoms with E-state index in [2.05, 4.69) is 28.5 Å². The first-order valence-electron chi connectivity index (χ1n) is 17.0. The molecule has 11 heteroatoms. The second-order valence-electron chi connectivity index (χ2n) is 13.9. The SMILES string of the molecule is Cc1cccc(C)c1-c1cc2nc(n1)NS(=O)(=O)c1cccc(c1)C(=O)N([C@H]1CC[C@H](CCC(=O)OC(C)C)CC1)[C@H](CC(C)C)CO2.